The standard InChI is InChI=1S/C19H18N2O2/c1-13(22)14-6-7-15(11-20)18(10-14)21-12-16-8-9-23-19-5-3-2-4-17(16)19/h2-7,10,16,21H,8-9,12H2,1H3. The second-order valence-corrected chi connectivity index (χ2v) is 5.68. The van der Waals surface area contributed by atoms with Gasteiger partial charge in [0.05, 0.1) is 17.9 Å². The van der Waals surface area contributed by atoms with Crippen LogP contribution in [0.1, 0.15) is 40.7 Å². The Labute approximate surface area is 135 Å². The zero-order chi connectivity index (χ0) is 16.2. The number of benzene rings is 2. The summed E-state index contributed by atoms with van der Waals surface area (Å²) in [6, 6.07) is 15.4. The van der Waals surface area contributed by atoms with Gasteiger partial charge in [-0.15, -0.1) is 0 Å². The summed E-state index contributed by atoms with van der Waals surface area (Å²) in [7, 11) is 0. The van der Waals surface area contributed by atoms with E-state index >= 15 is 0 Å². The zero-order valence-corrected chi connectivity index (χ0v) is 13.0. The van der Waals surface area contributed by atoms with Crippen molar-refractivity contribution >= 4 is 11.5 Å². The largest absolute Gasteiger partial charge is 0.493 e. The number of carbonyl (C=O) groups is 1. The summed E-state index contributed by atoms with van der Waals surface area (Å²) in [4.78, 5) is 11.5. The Morgan fingerprint density at radius 1 is 1.35 bits per heavy atom. The van der Waals surface area contributed by atoms with Crippen LogP contribution in [0.5, 0.6) is 5.75 Å². The molecule has 116 valence electrons. The van der Waals surface area contributed by atoms with Crippen LogP contribution in [0.2, 0.25) is 0 Å². The lowest BCUT2D eigenvalue weighted by molar-refractivity contribution is 0.101. The SMILES string of the molecule is CC(=O)c1ccc(C#N)c(NCC2CCOc3ccccc32)c1. The summed E-state index contributed by atoms with van der Waals surface area (Å²) in [5, 5.41) is 12.6. The molecule has 3 rings (SSSR count). The van der Waals surface area contributed by atoms with Gasteiger partial charge in [-0.2, -0.15) is 5.26 Å². The minimum atomic E-state index is -0.00560. The summed E-state index contributed by atoms with van der Waals surface area (Å²) in [5.74, 6) is 1.25. The third-order valence-electron chi connectivity index (χ3n) is 4.17. The first-order valence-corrected chi connectivity index (χ1v) is 7.69. The van der Waals surface area contributed by atoms with Gasteiger partial charge in [-0.1, -0.05) is 18.2 Å². The molecule has 0 fully saturated rings. The van der Waals surface area contributed by atoms with Crippen LogP contribution in [0.15, 0.2) is 42.5 Å². The number of anilines is 1. The topological polar surface area (TPSA) is 62.1 Å². The molecule has 1 aliphatic rings. The lowest BCUT2D eigenvalue weighted by Gasteiger charge is -2.26. The normalized spacial score (nSPS) is 15.9. The third kappa shape index (κ3) is 3.19. The molecule has 1 unspecified atom stereocenters. The van der Waals surface area contributed by atoms with E-state index in [1.807, 2.05) is 18.2 Å². The maximum atomic E-state index is 11.5. The Bertz CT molecular complexity index is 777. The van der Waals surface area contributed by atoms with Crippen molar-refractivity contribution in [3.05, 3.63) is 59.2 Å². The molecule has 23 heavy (non-hydrogen) atoms. The fourth-order valence-electron chi connectivity index (χ4n) is 2.87. The summed E-state index contributed by atoms with van der Waals surface area (Å²) >= 11 is 0. The predicted molar refractivity (Wildman–Crippen MR) is 88.9 cm³/mol. The number of ether oxygens (including phenoxy) is 1. The molecule has 0 aliphatic carbocycles. The van der Waals surface area contributed by atoms with Crippen molar-refractivity contribution in [1.29, 1.82) is 5.26 Å². The lowest BCUT2D eigenvalue weighted by Crippen LogP contribution is -2.21. The van der Waals surface area contributed by atoms with Crippen molar-refractivity contribution in [2.75, 3.05) is 18.5 Å². The number of hydrogen-bond acceptors (Lipinski definition) is 4. The minimum Gasteiger partial charge on any atom is -0.493 e. The van der Waals surface area contributed by atoms with E-state index in [0.29, 0.717) is 35.9 Å². The van der Waals surface area contributed by atoms with E-state index in [1.54, 1.807) is 18.2 Å². The van der Waals surface area contributed by atoms with Crippen molar-refractivity contribution in [1.82, 2.24) is 0 Å². The molecule has 4 heteroatoms. The molecule has 1 heterocycles. The van der Waals surface area contributed by atoms with Crippen molar-refractivity contribution in [3.8, 4) is 11.8 Å². The maximum absolute atomic E-state index is 11.5. The average molecular weight is 306 g/mol. The Morgan fingerprint density at radius 3 is 2.96 bits per heavy atom. The van der Waals surface area contributed by atoms with Crippen molar-refractivity contribution in [2.24, 2.45) is 0 Å². The van der Waals surface area contributed by atoms with E-state index in [9.17, 15) is 10.1 Å². The molecule has 2 aromatic carbocycles. The maximum Gasteiger partial charge on any atom is 0.159 e. The van der Waals surface area contributed by atoms with Gasteiger partial charge in [0.1, 0.15) is 11.8 Å². The van der Waals surface area contributed by atoms with Gasteiger partial charge in [0, 0.05) is 18.0 Å². The first-order chi connectivity index (χ1) is 11.2. The van der Waals surface area contributed by atoms with Gasteiger partial charge in [0.2, 0.25) is 0 Å². The second kappa shape index (κ2) is 6.53. The molecule has 0 bridgehead atoms. The minimum absolute atomic E-state index is 0.00560. The number of nitriles is 1. The van der Waals surface area contributed by atoms with Crippen LogP contribution in [0.3, 0.4) is 0 Å². The molecule has 0 amide bonds. The van der Waals surface area contributed by atoms with E-state index in [2.05, 4.69) is 17.5 Å². The van der Waals surface area contributed by atoms with Crippen molar-refractivity contribution in [3.63, 3.8) is 0 Å². The Morgan fingerprint density at radius 2 is 2.17 bits per heavy atom. The van der Waals surface area contributed by atoms with E-state index in [1.165, 1.54) is 12.5 Å². The fourth-order valence-corrected chi connectivity index (χ4v) is 2.87. The predicted octanol–water partition coefficient (Wildman–Crippen LogP) is 3.74. The highest BCUT2D eigenvalue weighted by Crippen LogP contribution is 2.33. The average Bonchev–Trinajstić information content (AvgIpc) is 2.59. The van der Waals surface area contributed by atoms with Gasteiger partial charge in [-0.25, -0.2) is 0 Å². The highest BCUT2D eigenvalue weighted by molar-refractivity contribution is 5.95. The number of fused-ring (bicyclic) bond motifs is 1. The van der Waals surface area contributed by atoms with Crippen LogP contribution < -0.4 is 10.1 Å². The molecule has 1 atom stereocenters. The first-order valence-electron chi connectivity index (χ1n) is 7.69. The van der Waals surface area contributed by atoms with Gasteiger partial charge in [-0.3, -0.25) is 4.79 Å². The molecule has 1 aliphatic heterocycles. The Kier molecular flexibility index (Phi) is 4.29. The second-order valence-electron chi connectivity index (χ2n) is 5.68. The summed E-state index contributed by atoms with van der Waals surface area (Å²) in [5.41, 5.74) is 3.06. The molecule has 0 saturated carbocycles. The number of carbonyl (C=O) groups excluding carboxylic acids is 1. The van der Waals surface area contributed by atoms with Crippen LogP contribution >= 0.6 is 0 Å². The highest BCUT2D eigenvalue weighted by atomic mass is 16.5. The van der Waals surface area contributed by atoms with Crippen molar-refractivity contribution in [2.45, 2.75) is 19.3 Å². The van der Waals surface area contributed by atoms with Gasteiger partial charge in [0.15, 0.2) is 5.78 Å². The quantitative estimate of drug-likeness (QED) is 0.874. The zero-order valence-electron chi connectivity index (χ0n) is 13.0. The van der Waals surface area contributed by atoms with Gasteiger partial charge in [-0.05, 0) is 43.2 Å². The fraction of sp³-hybridized carbons (Fsp3) is 0.263. The molecule has 2 aromatic rings. The number of para-hydroxylation sites is 1. The van der Waals surface area contributed by atoms with E-state index < -0.39 is 0 Å². The number of nitrogens with one attached hydrogen (secondary N) is 1. The molecule has 1 N–H and O–H groups in total. The van der Waals surface area contributed by atoms with Crippen LogP contribution in [-0.2, 0) is 0 Å². The molecule has 0 aromatic heterocycles. The van der Waals surface area contributed by atoms with Crippen LogP contribution in [0.4, 0.5) is 5.69 Å². The lowest BCUT2D eigenvalue weighted by atomic mass is 9.93. The Hall–Kier alpha value is -2.80. The van der Waals surface area contributed by atoms with Gasteiger partial charge < -0.3 is 10.1 Å². The first kappa shape index (κ1) is 15.1. The highest BCUT2D eigenvalue weighted by Gasteiger charge is 2.21. The van der Waals surface area contributed by atoms with Crippen LogP contribution in [-0.4, -0.2) is 18.9 Å². The summed E-state index contributed by atoms with van der Waals surface area (Å²) in [6.45, 7) is 2.93. The summed E-state index contributed by atoms with van der Waals surface area (Å²) in [6.07, 6.45) is 0.929. The molecule has 4 nitrogen and oxygen atoms in total. The van der Waals surface area contributed by atoms with Crippen molar-refractivity contribution < 1.29 is 9.53 Å². The summed E-state index contributed by atoms with van der Waals surface area (Å²) < 4.78 is 5.68. The molecule has 0 spiro atoms. The monoisotopic (exact) mass is 306 g/mol. The number of nitrogens with zero attached hydrogens (tertiary/aromatic N) is 1. The van der Waals surface area contributed by atoms with Gasteiger partial charge in [0.25, 0.3) is 0 Å². The Balaban J connectivity index is 1.80. The smallest absolute Gasteiger partial charge is 0.159 e. The van der Waals surface area contributed by atoms with Gasteiger partial charge >= 0.3 is 0 Å². The number of ketones is 1. The number of hydrogen-bond donors (Lipinski definition) is 1. The van der Waals surface area contributed by atoms with Crippen LogP contribution in [0.25, 0.3) is 0 Å². The number of rotatable bonds is 4. The van der Waals surface area contributed by atoms with E-state index in [-0.39, 0.29) is 5.78 Å². The molecular weight excluding hydrogens is 288 g/mol. The number of Topliss-reactive ketones (excluding diaryl/α,β-unsaturated/α-hetero) is 1. The molecular formula is C19H18N2O2. The third-order valence-corrected chi connectivity index (χ3v) is 4.17. The van der Waals surface area contributed by atoms with Crippen LogP contribution in [0, 0.1) is 11.3 Å². The molecule has 0 saturated heterocycles. The van der Waals surface area contributed by atoms with E-state index in [4.69, 9.17) is 4.74 Å². The molecule has 0 radical (unpaired) electrons. The van der Waals surface area contributed by atoms with E-state index in [0.717, 1.165) is 12.2 Å².